The van der Waals surface area contributed by atoms with Crippen molar-refractivity contribution in [3.05, 3.63) is 28.8 Å². The Kier molecular flexibility index (Phi) is 4.19. The van der Waals surface area contributed by atoms with E-state index in [-0.39, 0.29) is 18.2 Å². The van der Waals surface area contributed by atoms with E-state index in [9.17, 15) is 18.0 Å². The molecule has 1 heterocycles. The van der Waals surface area contributed by atoms with Gasteiger partial charge in [-0.1, -0.05) is 17.7 Å². The Morgan fingerprint density at radius 2 is 2.19 bits per heavy atom. The molecule has 4 nitrogen and oxygen atoms in total. The molecule has 1 amide bonds. The van der Waals surface area contributed by atoms with Gasteiger partial charge in [0.05, 0.1) is 34.9 Å². The van der Waals surface area contributed by atoms with Crippen LogP contribution in [-0.4, -0.2) is 25.2 Å². The third-order valence-corrected chi connectivity index (χ3v) is 3.91. The summed E-state index contributed by atoms with van der Waals surface area (Å²) in [4.78, 5) is 12.3. The fourth-order valence-corrected chi connectivity index (χ4v) is 2.29. The first-order valence-electron chi connectivity index (χ1n) is 6.17. The molecule has 21 heavy (non-hydrogen) atoms. The molecule has 0 spiro atoms. The fraction of sp³-hybridized carbons (Fsp3) is 0.462. The van der Waals surface area contributed by atoms with Crippen molar-refractivity contribution < 1.29 is 22.7 Å². The monoisotopic (exact) mass is 322 g/mol. The highest BCUT2D eigenvalue weighted by Crippen LogP contribution is 2.39. The predicted octanol–water partition coefficient (Wildman–Crippen LogP) is 2.66. The first kappa shape index (κ1) is 16.1. The Hall–Kier alpha value is -1.31. The summed E-state index contributed by atoms with van der Waals surface area (Å²) in [7, 11) is 0. The van der Waals surface area contributed by atoms with Crippen LogP contribution in [0.5, 0.6) is 0 Å². The number of hydrogen-bond donors (Lipinski definition) is 2. The van der Waals surface area contributed by atoms with Crippen LogP contribution in [0.1, 0.15) is 12.5 Å². The number of alkyl halides is 3. The summed E-state index contributed by atoms with van der Waals surface area (Å²) in [5.41, 5.74) is 3.23. The van der Waals surface area contributed by atoms with Crippen molar-refractivity contribution >= 4 is 23.2 Å². The molecule has 1 aliphatic rings. The van der Waals surface area contributed by atoms with Gasteiger partial charge >= 0.3 is 6.18 Å². The zero-order valence-electron chi connectivity index (χ0n) is 11.1. The van der Waals surface area contributed by atoms with Gasteiger partial charge in [0.2, 0.25) is 5.91 Å². The topological polar surface area (TPSA) is 64.3 Å². The van der Waals surface area contributed by atoms with E-state index in [1.165, 1.54) is 12.1 Å². The molecule has 1 aromatic rings. The highest BCUT2D eigenvalue weighted by Gasteiger charge is 2.45. The normalized spacial score (nSPS) is 25.9. The minimum Gasteiger partial charge on any atom is -0.379 e. The standard InChI is InChI=1S/C13H14ClF3N2O2/c1-12(6-21-5-9(12)18)11(20)19-10-7(13(15,16)17)3-2-4-8(10)14/h2-4,9H,5-6,18H2,1H3,(H,19,20). The van der Waals surface area contributed by atoms with E-state index in [1.807, 2.05) is 0 Å². The smallest absolute Gasteiger partial charge is 0.379 e. The van der Waals surface area contributed by atoms with Crippen LogP contribution in [0.4, 0.5) is 18.9 Å². The Labute approximate surface area is 124 Å². The molecule has 8 heteroatoms. The van der Waals surface area contributed by atoms with Crippen molar-refractivity contribution in [3.8, 4) is 0 Å². The molecule has 1 aromatic carbocycles. The zero-order chi connectivity index (χ0) is 15.8. The maximum Gasteiger partial charge on any atom is 0.418 e. The number of carbonyl (C=O) groups excluding carboxylic acids is 1. The van der Waals surface area contributed by atoms with Crippen LogP contribution in [0, 0.1) is 5.41 Å². The third kappa shape index (κ3) is 3.00. The Morgan fingerprint density at radius 1 is 1.52 bits per heavy atom. The number of rotatable bonds is 2. The highest BCUT2D eigenvalue weighted by atomic mass is 35.5. The van der Waals surface area contributed by atoms with Crippen molar-refractivity contribution in [1.29, 1.82) is 0 Å². The molecule has 2 atom stereocenters. The van der Waals surface area contributed by atoms with Crippen LogP contribution in [0.3, 0.4) is 0 Å². The van der Waals surface area contributed by atoms with Gasteiger partial charge in [-0.3, -0.25) is 4.79 Å². The number of benzene rings is 1. The van der Waals surface area contributed by atoms with Gasteiger partial charge in [0.1, 0.15) is 0 Å². The maximum absolute atomic E-state index is 13.0. The number of carbonyl (C=O) groups is 1. The summed E-state index contributed by atoms with van der Waals surface area (Å²) in [5, 5.41) is 2.06. The molecule has 116 valence electrons. The van der Waals surface area contributed by atoms with Crippen molar-refractivity contribution in [2.75, 3.05) is 18.5 Å². The van der Waals surface area contributed by atoms with Gasteiger partial charge in [-0.05, 0) is 19.1 Å². The average molecular weight is 323 g/mol. The van der Waals surface area contributed by atoms with Crippen molar-refractivity contribution in [1.82, 2.24) is 0 Å². The number of halogens is 4. The van der Waals surface area contributed by atoms with Crippen LogP contribution < -0.4 is 11.1 Å². The summed E-state index contributed by atoms with van der Waals surface area (Å²) >= 11 is 5.79. The van der Waals surface area contributed by atoms with Crippen molar-refractivity contribution in [2.24, 2.45) is 11.1 Å². The Balaban J connectivity index is 2.34. The molecule has 0 bridgehead atoms. The molecule has 2 rings (SSSR count). The van der Waals surface area contributed by atoms with Crippen molar-refractivity contribution in [3.63, 3.8) is 0 Å². The quantitative estimate of drug-likeness (QED) is 0.880. The van der Waals surface area contributed by atoms with Crippen LogP contribution in [0.2, 0.25) is 5.02 Å². The summed E-state index contributed by atoms with van der Waals surface area (Å²) in [6, 6.07) is 2.72. The Morgan fingerprint density at radius 3 is 2.71 bits per heavy atom. The second-order valence-electron chi connectivity index (χ2n) is 5.15. The van der Waals surface area contributed by atoms with E-state index in [1.54, 1.807) is 6.92 Å². The van der Waals surface area contributed by atoms with Gasteiger partial charge in [-0.2, -0.15) is 13.2 Å². The number of nitrogens with one attached hydrogen (secondary N) is 1. The largest absolute Gasteiger partial charge is 0.418 e. The maximum atomic E-state index is 13.0. The van der Waals surface area contributed by atoms with Crippen LogP contribution in [0.25, 0.3) is 0 Å². The molecule has 0 aliphatic carbocycles. The van der Waals surface area contributed by atoms with Gasteiger partial charge in [0.15, 0.2) is 0 Å². The second-order valence-corrected chi connectivity index (χ2v) is 5.56. The SMILES string of the molecule is CC1(C(=O)Nc2c(Cl)cccc2C(F)(F)F)COCC1N. The number of nitrogens with two attached hydrogens (primary N) is 1. The summed E-state index contributed by atoms with van der Waals surface area (Å²) in [6.45, 7) is 1.77. The molecule has 0 radical (unpaired) electrons. The fourth-order valence-electron chi connectivity index (χ4n) is 2.07. The lowest BCUT2D eigenvalue weighted by Gasteiger charge is -2.26. The van der Waals surface area contributed by atoms with Gasteiger partial charge in [0, 0.05) is 6.04 Å². The van der Waals surface area contributed by atoms with E-state index in [4.69, 9.17) is 22.1 Å². The second kappa shape index (κ2) is 5.47. The predicted molar refractivity (Wildman–Crippen MR) is 72.0 cm³/mol. The molecule has 3 N–H and O–H groups in total. The molecule has 1 aliphatic heterocycles. The molecule has 0 aromatic heterocycles. The number of anilines is 1. The molecule has 0 saturated carbocycles. The molecular weight excluding hydrogens is 309 g/mol. The van der Waals surface area contributed by atoms with Crippen LogP contribution >= 0.6 is 11.6 Å². The van der Waals surface area contributed by atoms with Gasteiger partial charge in [-0.15, -0.1) is 0 Å². The summed E-state index contributed by atoms with van der Waals surface area (Å²) in [5.74, 6) is -0.647. The summed E-state index contributed by atoms with van der Waals surface area (Å²) in [6.07, 6.45) is -4.62. The molecule has 1 fully saturated rings. The minimum atomic E-state index is -4.62. The van der Waals surface area contributed by atoms with Gasteiger partial charge < -0.3 is 15.8 Å². The van der Waals surface area contributed by atoms with E-state index >= 15 is 0 Å². The van der Waals surface area contributed by atoms with E-state index in [0.29, 0.717) is 0 Å². The Bertz CT molecular complexity index is 565. The molecule has 2 unspecified atom stereocenters. The number of hydrogen-bond acceptors (Lipinski definition) is 3. The minimum absolute atomic E-state index is 0.0474. The van der Waals surface area contributed by atoms with E-state index < -0.39 is 34.8 Å². The third-order valence-electron chi connectivity index (χ3n) is 3.59. The van der Waals surface area contributed by atoms with Crippen LogP contribution in [-0.2, 0) is 15.7 Å². The first-order valence-corrected chi connectivity index (χ1v) is 6.54. The average Bonchev–Trinajstić information content (AvgIpc) is 2.72. The van der Waals surface area contributed by atoms with Gasteiger partial charge in [0.25, 0.3) is 0 Å². The van der Waals surface area contributed by atoms with Gasteiger partial charge in [-0.25, -0.2) is 0 Å². The van der Waals surface area contributed by atoms with E-state index in [2.05, 4.69) is 5.32 Å². The van der Waals surface area contributed by atoms with Crippen molar-refractivity contribution in [2.45, 2.75) is 19.1 Å². The van der Waals surface area contributed by atoms with Crippen LogP contribution in [0.15, 0.2) is 18.2 Å². The number of para-hydroxylation sites is 1. The summed E-state index contributed by atoms with van der Waals surface area (Å²) < 4.78 is 44.0. The lowest BCUT2D eigenvalue weighted by atomic mass is 9.84. The lowest BCUT2D eigenvalue weighted by molar-refractivity contribution is -0.137. The van der Waals surface area contributed by atoms with E-state index in [0.717, 1.165) is 6.07 Å². The molecular formula is C13H14ClF3N2O2. The number of ether oxygens (including phenoxy) is 1. The molecule has 1 saturated heterocycles. The highest BCUT2D eigenvalue weighted by molar-refractivity contribution is 6.34. The lowest BCUT2D eigenvalue weighted by Crippen LogP contribution is -2.47. The zero-order valence-corrected chi connectivity index (χ0v) is 11.9. The number of amides is 1. The first-order chi connectivity index (χ1) is 9.66.